The minimum Gasteiger partial charge on any atom is -0.493 e. The Morgan fingerprint density at radius 3 is 2.50 bits per heavy atom. The second-order valence-corrected chi connectivity index (χ2v) is 8.82. The Hall–Kier alpha value is -2.25. The number of ether oxygens (including phenoxy) is 2. The van der Waals surface area contributed by atoms with Crippen molar-refractivity contribution < 1.29 is 14.3 Å². The summed E-state index contributed by atoms with van der Waals surface area (Å²) in [6.45, 7) is 0.186. The zero-order valence-corrected chi connectivity index (χ0v) is 20.7. The lowest BCUT2D eigenvalue weighted by atomic mass is 10.1. The molecule has 166 valence electrons. The van der Waals surface area contributed by atoms with Crippen molar-refractivity contribution in [2.24, 2.45) is 5.10 Å². The molecule has 0 fully saturated rings. The molecule has 3 rings (SSSR count). The second kappa shape index (κ2) is 11.6. The van der Waals surface area contributed by atoms with Gasteiger partial charge in [-0.2, -0.15) is 5.10 Å². The predicted octanol–water partition coefficient (Wildman–Crippen LogP) is 6.69. The van der Waals surface area contributed by atoms with Gasteiger partial charge in [0, 0.05) is 20.1 Å². The largest absolute Gasteiger partial charge is 0.493 e. The number of hydrazone groups is 1. The fourth-order valence-electron chi connectivity index (χ4n) is 2.75. The van der Waals surface area contributed by atoms with Crippen molar-refractivity contribution in [1.29, 1.82) is 0 Å². The monoisotopic (exact) mass is 554 g/mol. The molecular formula is C23H18BrCl3N2O3. The quantitative estimate of drug-likeness (QED) is 0.248. The first-order chi connectivity index (χ1) is 15.4. The maximum absolute atomic E-state index is 12.1. The molecule has 0 heterocycles. The Balaban J connectivity index is 1.64. The van der Waals surface area contributed by atoms with Crippen LogP contribution in [0.15, 0.2) is 64.2 Å². The molecule has 0 aliphatic carbocycles. The summed E-state index contributed by atoms with van der Waals surface area (Å²) in [5.41, 5.74) is 4.77. The highest BCUT2D eigenvalue weighted by Gasteiger charge is 2.13. The SMILES string of the molecule is COc1cc(/C=N/NC(=O)Cc2ccc(Br)cc2)cc(Cl)c1OCc1ccc(Cl)cc1Cl. The fourth-order valence-corrected chi connectivity index (χ4v) is 3.75. The molecular weight excluding hydrogens is 539 g/mol. The summed E-state index contributed by atoms with van der Waals surface area (Å²) in [4.78, 5) is 12.1. The van der Waals surface area contributed by atoms with Crippen LogP contribution in [-0.4, -0.2) is 19.2 Å². The minimum absolute atomic E-state index is 0.186. The number of nitrogens with zero attached hydrogens (tertiary/aromatic N) is 1. The molecule has 3 aromatic rings. The van der Waals surface area contributed by atoms with Gasteiger partial charge in [0.25, 0.3) is 0 Å². The molecule has 0 spiro atoms. The predicted molar refractivity (Wildman–Crippen MR) is 132 cm³/mol. The van der Waals surface area contributed by atoms with Crippen LogP contribution in [0.4, 0.5) is 0 Å². The molecule has 0 unspecified atom stereocenters. The third-order valence-electron chi connectivity index (χ3n) is 4.32. The highest BCUT2D eigenvalue weighted by Crippen LogP contribution is 2.37. The average Bonchev–Trinajstić information content (AvgIpc) is 2.75. The van der Waals surface area contributed by atoms with Gasteiger partial charge in [0.2, 0.25) is 5.91 Å². The molecule has 5 nitrogen and oxygen atoms in total. The van der Waals surface area contributed by atoms with E-state index in [2.05, 4.69) is 26.5 Å². The van der Waals surface area contributed by atoms with E-state index < -0.39 is 0 Å². The van der Waals surface area contributed by atoms with Gasteiger partial charge in [-0.3, -0.25) is 4.79 Å². The summed E-state index contributed by atoms with van der Waals surface area (Å²) in [6, 6.07) is 16.0. The van der Waals surface area contributed by atoms with Crippen LogP contribution < -0.4 is 14.9 Å². The minimum atomic E-state index is -0.235. The van der Waals surface area contributed by atoms with Gasteiger partial charge in [-0.1, -0.05) is 68.9 Å². The zero-order chi connectivity index (χ0) is 23.1. The number of carbonyl (C=O) groups is 1. The van der Waals surface area contributed by atoms with Crippen molar-refractivity contribution in [3.63, 3.8) is 0 Å². The van der Waals surface area contributed by atoms with Gasteiger partial charge < -0.3 is 9.47 Å². The van der Waals surface area contributed by atoms with E-state index in [1.54, 1.807) is 30.3 Å². The lowest BCUT2D eigenvalue weighted by Gasteiger charge is -2.14. The van der Waals surface area contributed by atoms with Gasteiger partial charge in [-0.15, -0.1) is 0 Å². The Bertz CT molecular complexity index is 1140. The molecule has 32 heavy (non-hydrogen) atoms. The van der Waals surface area contributed by atoms with Crippen LogP contribution in [-0.2, 0) is 17.8 Å². The van der Waals surface area contributed by atoms with Crippen molar-refractivity contribution in [3.05, 3.63) is 90.8 Å². The van der Waals surface area contributed by atoms with E-state index in [9.17, 15) is 4.79 Å². The van der Waals surface area contributed by atoms with Crippen LogP contribution in [0, 0.1) is 0 Å². The number of carbonyl (C=O) groups excluding carboxylic acids is 1. The molecule has 0 radical (unpaired) electrons. The van der Waals surface area contributed by atoms with E-state index in [0.29, 0.717) is 32.1 Å². The molecule has 1 amide bonds. The summed E-state index contributed by atoms with van der Waals surface area (Å²) >= 11 is 21.9. The van der Waals surface area contributed by atoms with Crippen LogP contribution in [0.25, 0.3) is 0 Å². The maximum atomic E-state index is 12.1. The van der Waals surface area contributed by atoms with E-state index in [4.69, 9.17) is 44.3 Å². The van der Waals surface area contributed by atoms with Crippen LogP contribution in [0.1, 0.15) is 16.7 Å². The number of rotatable bonds is 8. The summed E-state index contributed by atoms with van der Waals surface area (Å²) < 4.78 is 12.2. The van der Waals surface area contributed by atoms with Crippen molar-refractivity contribution in [2.45, 2.75) is 13.0 Å². The van der Waals surface area contributed by atoms with Crippen molar-refractivity contribution in [2.75, 3.05) is 7.11 Å². The molecule has 0 atom stereocenters. The normalized spacial score (nSPS) is 10.9. The summed E-state index contributed by atoms with van der Waals surface area (Å²) in [7, 11) is 1.51. The molecule has 3 aromatic carbocycles. The second-order valence-electron chi connectivity index (χ2n) is 6.65. The Morgan fingerprint density at radius 1 is 1.06 bits per heavy atom. The first-order valence-corrected chi connectivity index (χ1v) is 11.3. The number of methoxy groups -OCH3 is 1. The number of halogens is 4. The van der Waals surface area contributed by atoms with Crippen LogP contribution in [0.3, 0.4) is 0 Å². The molecule has 0 aliphatic heterocycles. The number of nitrogens with one attached hydrogen (secondary N) is 1. The Labute approximate surface area is 209 Å². The number of hydrogen-bond donors (Lipinski definition) is 1. The highest BCUT2D eigenvalue weighted by molar-refractivity contribution is 9.10. The third-order valence-corrected chi connectivity index (χ3v) is 5.72. The van der Waals surface area contributed by atoms with Crippen LogP contribution in [0.5, 0.6) is 11.5 Å². The number of benzene rings is 3. The highest BCUT2D eigenvalue weighted by atomic mass is 79.9. The van der Waals surface area contributed by atoms with Gasteiger partial charge in [0.1, 0.15) is 6.61 Å². The van der Waals surface area contributed by atoms with Gasteiger partial charge in [-0.25, -0.2) is 5.43 Å². The van der Waals surface area contributed by atoms with Gasteiger partial charge in [-0.05, 0) is 47.5 Å². The molecule has 9 heteroatoms. The van der Waals surface area contributed by atoms with Gasteiger partial charge in [0.05, 0.1) is 24.8 Å². The van der Waals surface area contributed by atoms with Crippen molar-refractivity contribution in [1.82, 2.24) is 5.43 Å². The van der Waals surface area contributed by atoms with E-state index in [1.165, 1.54) is 13.3 Å². The van der Waals surface area contributed by atoms with E-state index in [0.717, 1.165) is 15.6 Å². The Morgan fingerprint density at radius 2 is 1.81 bits per heavy atom. The lowest BCUT2D eigenvalue weighted by molar-refractivity contribution is -0.120. The topological polar surface area (TPSA) is 59.9 Å². The maximum Gasteiger partial charge on any atom is 0.244 e. The van der Waals surface area contributed by atoms with Crippen LogP contribution in [0.2, 0.25) is 15.1 Å². The summed E-state index contributed by atoms with van der Waals surface area (Å²) in [5.74, 6) is 0.559. The fraction of sp³-hybridized carbons (Fsp3) is 0.130. The van der Waals surface area contributed by atoms with E-state index >= 15 is 0 Å². The van der Waals surface area contributed by atoms with Crippen LogP contribution >= 0.6 is 50.7 Å². The number of amides is 1. The smallest absolute Gasteiger partial charge is 0.244 e. The molecule has 0 aromatic heterocycles. The lowest BCUT2D eigenvalue weighted by Crippen LogP contribution is -2.19. The average molecular weight is 557 g/mol. The standard InChI is InChI=1S/C23H18BrCl3N2O3/c1-31-21-9-15(12-28-29-22(30)10-14-2-5-17(24)6-3-14)8-20(27)23(21)32-13-16-4-7-18(25)11-19(16)26/h2-9,11-12H,10,13H2,1H3,(H,29,30)/b28-12+. The molecule has 0 saturated heterocycles. The summed E-state index contributed by atoms with van der Waals surface area (Å²) in [6.07, 6.45) is 1.70. The van der Waals surface area contributed by atoms with Crippen molar-refractivity contribution in [3.8, 4) is 11.5 Å². The summed E-state index contributed by atoms with van der Waals surface area (Å²) in [5, 5.41) is 5.37. The zero-order valence-electron chi connectivity index (χ0n) is 16.9. The Kier molecular flexibility index (Phi) is 8.82. The molecule has 0 aliphatic rings. The number of hydrogen-bond acceptors (Lipinski definition) is 4. The first-order valence-electron chi connectivity index (χ1n) is 9.36. The van der Waals surface area contributed by atoms with E-state index in [-0.39, 0.29) is 18.9 Å². The first kappa shape index (κ1) is 24.4. The third kappa shape index (κ3) is 6.87. The molecule has 0 saturated carbocycles. The van der Waals surface area contributed by atoms with Gasteiger partial charge in [0.15, 0.2) is 11.5 Å². The van der Waals surface area contributed by atoms with Gasteiger partial charge >= 0.3 is 0 Å². The van der Waals surface area contributed by atoms with E-state index in [1.807, 2.05) is 24.3 Å². The molecule has 0 bridgehead atoms. The van der Waals surface area contributed by atoms with Crippen molar-refractivity contribution >= 4 is 62.9 Å². The molecule has 1 N–H and O–H groups in total.